The van der Waals surface area contributed by atoms with Crippen LogP contribution in [0, 0.1) is 6.92 Å². The van der Waals surface area contributed by atoms with Gasteiger partial charge in [-0.05, 0) is 24.6 Å². The van der Waals surface area contributed by atoms with Gasteiger partial charge in [0, 0.05) is 38.4 Å². The normalized spacial score (nSPS) is 10.1. The number of carbonyl (C=O) groups is 1. The first-order chi connectivity index (χ1) is 12.8. The molecule has 0 heterocycles. The van der Waals surface area contributed by atoms with E-state index >= 15 is 0 Å². The van der Waals surface area contributed by atoms with Crippen molar-refractivity contribution in [3.05, 3.63) is 42.0 Å². The zero-order chi connectivity index (χ0) is 21.0. The zero-order valence-electron chi connectivity index (χ0n) is 15.0. The van der Waals surface area contributed by atoms with Crippen molar-refractivity contribution in [1.29, 1.82) is 0 Å². The first-order valence-electron chi connectivity index (χ1n) is 7.56. The van der Waals surface area contributed by atoms with Crippen molar-refractivity contribution >= 4 is 16.8 Å². The van der Waals surface area contributed by atoms with Gasteiger partial charge in [-0.3, -0.25) is 0 Å². The molecule has 2 aromatic carbocycles. The fourth-order valence-corrected chi connectivity index (χ4v) is 3.19. The summed E-state index contributed by atoms with van der Waals surface area (Å²) < 4.78 is 32.6. The van der Waals surface area contributed by atoms with Crippen LogP contribution in [0.4, 0.5) is 0 Å². The maximum atomic E-state index is 12.3. The van der Waals surface area contributed by atoms with Gasteiger partial charge in [0.2, 0.25) is 10.0 Å². The van der Waals surface area contributed by atoms with Crippen LogP contribution in [0.1, 0.15) is 5.56 Å². The molecule has 0 fully saturated rings. The summed E-state index contributed by atoms with van der Waals surface area (Å²) in [5, 5.41) is 26.0. The number of rotatable bonds is 6. The van der Waals surface area contributed by atoms with Crippen molar-refractivity contribution in [3.8, 4) is 23.0 Å². The second-order valence-corrected chi connectivity index (χ2v) is 6.66. The summed E-state index contributed by atoms with van der Waals surface area (Å²) in [6, 6.07) is 8.35. The molecule has 0 unspecified atom stereocenters. The van der Waals surface area contributed by atoms with Gasteiger partial charge in [-0.2, -0.15) is 0 Å². The lowest BCUT2D eigenvalue weighted by Gasteiger charge is -2.13. The molecule has 150 valence electrons. The third kappa shape index (κ3) is 7.62. The van der Waals surface area contributed by atoms with E-state index in [1.807, 2.05) is 6.79 Å². The van der Waals surface area contributed by atoms with E-state index in [4.69, 9.17) is 20.4 Å². The van der Waals surface area contributed by atoms with Gasteiger partial charge in [0.15, 0.2) is 0 Å². The molecule has 0 aromatic heterocycles. The summed E-state index contributed by atoms with van der Waals surface area (Å²) in [6.45, 7) is 4.02. The van der Waals surface area contributed by atoms with E-state index < -0.39 is 10.0 Å². The van der Waals surface area contributed by atoms with Crippen LogP contribution < -0.4 is 15.2 Å². The quantitative estimate of drug-likeness (QED) is 0.477. The fraction of sp³-hybridized carbons (Fsp3) is 0.235. The number of benzene rings is 2. The highest BCUT2D eigenvalue weighted by Gasteiger charge is 2.20. The maximum absolute atomic E-state index is 12.3. The van der Waals surface area contributed by atoms with Crippen molar-refractivity contribution in [3.63, 3.8) is 0 Å². The first-order valence-corrected chi connectivity index (χ1v) is 9.05. The lowest BCUT2D eigenvalue weighted by Crippen LogP contribution is -2.29. The summed E-state index contributed by atoms with van der Waals surface area (Å²) in [5.41, 5.74) is 6.06. The Morgan fingerprint density at radius 2 is 1.63 bits per heavy atom. The number of nitrogens with one attached hydrogen (secondary N) is 1. The molecule has 2 aromatic rings. The van der Waals surface area contributed by atoms with E-state index in [-0.39, 0.29) is 41.0 Å². The average Bonchev–Trinajstić information content (AvgIpc) is 2.64. The topological polar surface area (TPSA) is 159 Å². The lowest BCUT2D eigenvalue weighted by atomic mass is 10.2. The lowest BCUT2D eigenvalue weighted by molar-refractivity contribution is -0.0980. The van der Waals surface area contributed by atoms with Crippen LogP contribution in [0.3, 0.4) is 0 Å². The van der Waals surface area contributed by atoms with E-state index in [2.05, 4.69) is 4.72 Å². The molecule has 6 N–H and O–H groups in total. The largest absolute Gasteiger partial charge is 0.508 e. The summed E-state index contributed by atoms with van der Waals surface area (Å²) in [4.78, 5) is 7.95. The van der Waals surface area contributed by atoms with Gasteiger partial charge in [0.05, 0.1) is 0 Å². The number of aryl methyl sites for hydroxylation is 1. The zero-order valence-corrected chi connectivity index (χ0v) is 15.9. The van der Waals surface area contributed by atoms with E-state index in [0.29, 0.717) is 0 Å². The predicted molar refractivity (Wildman–Crippen MR) is 101 cm³/mol. The number of sulfonamides is 1. The molecule has 0 aliphatic heterocycles. The number of hydrogen-bond acceptors (Lipinski definition) is 8. The Morgan fingerprint density at radius 1 is 1.07 bits per heavy atom. The molecule has 0 saturated heterocycles. The first kappa shape index (κ1) is 24.3. The van der Waals surface area contributed by atoms with Crippen molar-refractivity contribution in [2.45, 2.75) is 11.8 Å². The van der Waals surface area contributed by atoms with E-state index in [1.165, 1.54) is 24.3 Å². The monoisotopic (exact) mass is 400 g/mol. The number of aromatic hydroxyl groups is 2. The number of phenolic OH excluding ortho intramolecular Hbond substituents is 2. The SMILES string of the molecule is C=O.CO.Cc1ccc(Oc2cc(O)cc(O)c2)c(S(=O)(=O)NCCN)c1. The summed E-state index contributed by atoms with van der Waals surface area (Å²) in [7, 11) is -2.80. The van der Waals surface area contributed by atoms with E-state index in [9.17, 15) is 18.6 Å². The molecule has 0 aliphatic rings. The molecule has 10 heteroatoms. The van der Waals surface area contributed by atoms with Crippen LogP contribution in [0.5, 0.6) is 23.0 Å². The Labute approximate surface area is 158 Å². The Balaban J connectivity index is 0.00000158. The van der Waals surface area contributed by atoms with Gasteiger partial charge < -0.3 is 30.6 Å². The fourth-order valence-electron chi connectivity index (χ4n) is 1.93. The van der Waals surface area contributed by atoms with Crippen LogP contribution in [-0.4, -0.2) is 50.7 Å². The summed E-state index contributed by atoms with van der Waals surface area (Å²) in [6.07, 6.45) is 0. The highest BCUT2D eigenvalue weighted by atomic mass is 32.2. The molecule has 0 amide bonds. The van der Waals surface area contributed by atoms with Gasteiger partial charge in [-0.25, -0.2) is 13.1 Å². The Bertz CT molecular complexity index is 806. The minimum atomic E-state index is -3.80. The Morgan fingerprint density at radius 3 is 2.15 bits per heavy atom. The van der Waals surface area contributed by atoms with Gasteiger partial charge in [0.25, 0.3) is 0 Å². The Hall–Kier alpha value is -2.66. The molecule has 2 rings (SSSR count). The van der Waals surface area contributed by atoms with Crippen molar-refractivity contribution in [1.82, 2.24) is 4.72 Å². The molecule has 0 radical (unpaired) electrons. The Kier molecular flexibility index (Phi) is 10.7. The average molecular weight is 400 g/mol. The summed E-state index contributed by atoms with van der Waals surface area (Å²) >= 11 is 0. The maximum Gasteiger partial charge on any atom is 0.244 e. The molecule has 9 nitrogen and oxygen atoms in total. The molecule has 27 heavy (non-hydrogen) atoms. The number of ether oxygens (including phenoxy) is 1. The highest BCUT2D eigenvalue weighted by Crippen LogP contribution is 2.33. The number of aliphatic hydroxyl groups is 1. The second-order valence-electron chi connectivity index (χ2n) is 4.92. The van der Waals surface area contributed by atoms with Crippen LogP contribution >= 0.6 is 0 Å². The number of hydrogen-bond donors (Lipinski definition) is 5. The van der Waals surface area contributed by atoms with Crippen LogP contribution in [0.15, 0.2) is 41.3 Å². The van der Waals surface area contributed by atoms with Gasteiger partial charge in [-0.15, -0.1) is 0 Å². The third-order valence-corrected chi connectivity index (χ3v) is 4.41. The van der Waals surface area contributed by atoms with E-state index in [0.717, 1.165) is 18.7 Å². The van der Waals surface area contributed by atoms with Crippen molar-refractivity contribution < 1.29 is 33.3 Å². The standard InChI is InChI=1S/C15H18N2O5S.CH4O.CH2O/c1-10-2-3-14(15(6-10)23(20,21)17-5-4-16)22-13-8-11(18)7-12(19)9-13;2*1-2/h2-3,6-9,17-19H,4-5,16H2,1H3;2H,1H3;1H2. The minimum Gasteiger partial charge on any atom is -0.508 e. The van der Waals surface area contributed by atoms with Gasteiger partial charge in [-0.1, -0.05) is 6.07 Å². The van der Waals surface area contributed by atoms with Gasteiger partial charge in [0.1, 0.15) is 34.7 Å². The van der Waals surface area contributed by atoms with Crippen LogP contribution in [0.25, 0.3) is 0 Å². The number of aliphatic hydroxyl groups excluding tert-OH is 1. The van der Waals surface area contributed by atoms with Crippen molar-refractivity contribution in [2.75, 3.05) is 20.2 Å². The third-order valence-electron chi connectivity index (χ3n) is 2.93. The number of phenols is 2. The van der Waals surface area contributed by atoms with Crippen LogP contribution in [0.2, 0.25) is 0 Å². The minimum absolute atomic E-state index is 0.0474. The van der Waals surface area contributed by atoms with Crippen molar-refractivity contribution in [2.24, 2.45) is 5.73 Å². The smallest absolute Gasteiger partial charge is 0.244 e. The molecule has 0 saturated carbocycles. The van der Waals surface area contributed by atoms with Crippen LogP contribution in [-0.2, 0) is 14.8 Å². The molecule has 0 aliphatic carbocycles. The molecule has 0 atom stereocenters. The number of carbonyl (C=O) groups excluding carboxylic acids is 1. The molecular weight excluding hydrogens is 376 g/mol. The molecular formula is C17H24N2O7S. The summed E-state index contributed by atoms with van der Waals surface area (Å²) in [5.74, 6) is -0.206. The molecule has 0 spiro atoms. The number of nitrogens with two attached hydrogens (primary N) is 1. The predicted octanol–water partition coefficient (Wildman–Crippen LogP) is 0.859. The molecule has 0 bridgehead atoms. The highest BCUT2D eigenvalue weighted by molar-refractivity contribution is 7.89. The van der Waals surface area contributed by atoms with E-state index in [1.54, 1.807) is 13.0 Å². The van der Waals surface area contributed by atoms with Gasteiger partial charge >= 0.3 is 0 Å². The second kappa shape index (κ2) is 11.9.